The van der Waals surface area contributed by atoms with Crippen LogP contribution < -0.4 is 15.5 Å². The summed E-state index contributed by atoms with van der Waals surface area (Å²) < 4.78 is 6.52. The molecule has 1 heterocycles. The van der Waals surface area contributed by atoms with E-state index in [-0.39, 0.29) is 12.5 Å². The molecule has 158 valence electrons. The van der Waals surface area contributed by atoms with Crippen LogP contribution in [0.25, 0.3) is 10.2 Å². The number of halogens is 2. The van der Waals surface area contributed by atoms with Crippen molar-refractivity contribution in [2.45, 2.75) is 34.1 Å². The van der Waals surface area contributed by atoms with Crippen LogP contribution in [-0.2, 0) is 4.79 Å². The summed E-state index contributed by atoms with van der Waals surface area (Å²) in [6, 6.07) is 6.81. The topological polar surface area (TPSA) is 75.6 Å². The molecule has 1 amide bonds. The van der Waals surface area contributed by atoms with Crippen molar-refractivity contribution in [1.29, 1.82) is 0 Å². The van der Waals surface area contributed by atoms with Crippen molar-refractivity contribution < 1.29 is 9.53 Å². The van der Waals surface area contributed by atoms with E-state index in [1.54, 1.807) is 18.2 Å². The van der Waals surface area contributed by atoms with E-state index >= 15 is 0 Å². The fraction of sp³-hybridized carbons (Fsp3) is 0.286. The summed E-state index contributed by atoms with van der Waals surface area (Å²) in [5.74, 6) is 0.124. The Morgan fingerprint density at radius 2 is 2.03 bits per heavy atom. The number of carbonyl (C=O) groups is 1. The van der Waals surface area contributed by atoms with Gasteiger partial charge in [-0.2, -0.15) is 5.10 Å². The van der Waals surface area contributed by atoms with Crippen molar-refractivity contribution in [1.82, 2.24) is 4.98 Å². The van der Waals surface area contributed by atoms with Gasteiger partial charge in [0.05, 0.1) is 15.2 Å². The number of anilines is 2. The van der Waals surface area contributed by atoms with E-state index in [4.69, 9.17) is 27.9 Å². The highest BCUT2D eigenvalue weighted by atomic mass is 35.5. The lowest BCUT2D eigenvalue weighted by Crippen LogP contribution is -2.21. The Hall–Kier alpha value is -2.35. The number of hydrogen-bond donors (Lipinski definition) is 2. The molecule has 0 aliphatic heterocycles. The molecule has 0 aliphatic rings. The second kappa shape index (κ2) is 9.64. The average Bonchev–Trinajstić information content (AvgIpc) is 3.11. The third kappa shape index (κ3) is 5.22. The molecule has 0 spiro atoms. The Kier molecular flexibility index (Phi) is 7.18. The molecule has 2 aromatic carbocycles. The second-order valence-corrected chi connectivity index (χ2v) is 8.63. The molecule has 0 atom stereocenters. The molecule has 0 aliphatic carbocycles. The zero-order valence-electron chi connectivity index (χ0n) is 17.1. The van der Waals surface area contributed by atoms with Crippen molar-refractivity contribution in [2.24, 2.45) is 5.10 Å². The fourth-order valence-electron chi connectivity index (χ4n) is 2.76. The van der Waals surface area contributed by atoms with Gasteiger partial charge in [-0.25, -0.2) is 4.98 Å². The van der Waals surface area contributed by atoms with Crippen LogP contribution in [0.3, 0.4) is 0 Å². The standard InChI is InChI=1S/C21H22Cl2N4O2S/c1-5-12(3)26-27-21-24-16-8-11(2)19(13(4)20(16)30-21)25-18(28)10-29-17-7-6-14(22)9-15(17)23/h6-9H,5,10H2,1-4H3,(H,24,27)(H,25,28)/b26-12+. The van der Waals surface area contributed by atoms with Gasteiger partial charge in [0.2, 0.25) is 5.13 Å². The molecule has 0 bridgehead atoms. The zero-order valence-corrected chi connectivity index (χ0v) is 19.4. The largest absolute Gasteiger partial charge is 0.482 e. The lowest BCUT2D eigenvalue weighted by Gasteiger charge is -2.13. The van der Waals surface area contributed by atoms with Gasteiger partial charge < -0.3 is 10.1 Å². The van der Waals surface area contributed by atoms with E-state index in [1.807, 2.05) is 33.8 Å². The Balaban J connectivity index is 1.75. The highest BCUT2D eigenvalue weighted by Crippen LogP contribution is 2.35. The average molecular weight is 465 g/mol. The summed E-state index contributed by atoms with van der Waals surface area (Å²) in [5, 5.41) is 8.82. The third-order valence-electron chi connectivity index (χ3n) is 4.49. The molecule has 30 heavy (non-hydrogen) atoms. The van der Waals surface area contributed by atoms with Gasteiger partial charge in [-0.3, -0.25) is 10.2 Å². The van der Waals surface area contributed by atoms with Gasteiger partial charge in [-0.1, -0.05) is 41.5 Å². The monoisotopic (exact) mass is 464 g/mol. The fourth-order valence-corrected chi connectivity index (χ4v) is 4.11. The molecular weight excluding hydrogens is 443 g/mol. The number of fused-ring (bicyclic) bond motifs is 1. The Bertz CT molecular complexity index is 1130. The number of carbonyl (C=O) groups excluding carboxylic acids is 1. The van der Waals surface area contributed by atoms with Crippen molar-refractivity contribution in [3.63, 3.8) is 0 Å². The number of amides is 1. The molecule has 9 heteroatoms. The number of nitrogens with one attached hydrogen (secondary N) is 2. The lowest BCUT2D eigenvalue weighted by atomic mass is 10.1. The predicted molar refractivity (Wildman–Crippen MR) is 127 cm³/mol. The Morgan fingerprint density at radius 1 is 1.27 bits per heavy atom. The molecule has 6 nitrogen and oxygen atoms in total. The maximum Gasteiger partial charge on any atom is 0.262 e. The Labute approximate surface area is 189 Å². The first kappa shape index (κ1) is 22.3. The van der Waals surface area contributed by atoms with Gasteiger partial charge in [-0.15, -0.1) is 0 Å². The number of aryl methyl sites for hydroxylation is 2. The van der Waals surface area contributed by atoms with Crippen molar-refractivity contribution >= 4 is 67.2 Å². The molecule has 3 aromatic rings. The summed E-state index contributed by atoms with van der Waals surface area (Å²) in [6.45, 7) is 7.74. The summed E-state index contributed by atoms with van der Waals surface area (Å²) in [7, 11) is 0. The van der Waals surface area contributed by atoms with Crippen molar-refractivity contribution in [3.8, 4) is 5.75 Å². The number of thiazole rings is 1. The van der Waals surface area contributed by atoms with Crippen LogP contribution in [0.15, 0.2) is 29.4 Å². The highest BCUT2D eigenvalue weighted by Gasteiger charge is 2.15. The number of ether oxygens (including phenoxy) is 1. The summed E-state index contributed by atoms with van der Waals surface area (Å²) in [5.41, 5.74) is 7.49. The molecule has 0 fully saturated rings. The molecule has 0 radical (unpaired) electrons. The van der Waals surface area contributed by atoms with Gasteiger partial charge >= 0.3 is 0 Å². The van der Waals surface area contributed by atoms with Gasteiger partial charge in [-0.05, 0) is 62.6 Å². The molecule has 0 saturated carbocycles. The van der Waals surface area contributed by atoms with Crippen LogP contribution in [-0.4, -0.2) is 23.2 Å². The smallest absolute Gasteiger partial charge is 0.262 e. The molecule has 0 unspecified atom stereocenters. The normalized spacial score (nSPS) is 11.6. The van der Waals surface area contributed by atoms with Crippen LogP contribution in [0.4, 0.5) is 10.8 Å². The molecular formula is C21H22Cl2N4O2S. The first-order valence-corrected chi connectivity index (χ1v) is 10.9. The van der Waals surface area contributed by atoms with Crippen LogP contribution >= 0.6 is 34.5 Å². The minimum Gasteiger partial charge on any atom is -0.482 e. The van der Waals surface area contributed by atoms with E-state index in [9.17, 15) is 4.79 Å². The molecule has 3 rings (SSSR count). The van der Waals surface area contributed by atoms with E-state index in [0.29, 0.717) is 20.9 Å². The minimum absolute atomic E-state index is 0.168. The van der Waals surface area contributed by atoms with Crippen molar-refractivity contribution in [2.75, 3.05) is 17.3 Å². The van der Waals surface area contributed by atoms with E-state index in [0.717, 1.165) is 39.2 Å². The van der Waals surface area contributed by atoms with Crippen LogP contribution in [0, 0.1) is 13.8 Å². The maximum atomic E-state index is 12.5. The van der Waals surface area contributed by atoms with E-state index < -0.39 is 0 Å². The number of hydrazone groups is 1. The zero-order chi connectivity index (χ0) is 21.8. The van der Waals surface area contributed by atoms with Gasteiger partial charge in [0, 0.05) is 16.4 Å². The SMILES string of the molecule is CC/C(C)=N/Nc1nc2cc(C)c(NC(=O)COc3ccc(Cl)cc3Cl)c(C)c2s1. The number of benzene rings is 2. The summed E-state index contributed by atoms with van der Waals surface area (Å²) in [4.78, 5) is 17.1. The lowest BCUT2D eigenvalue weighted by molar-refractivity contribution is -0.118. The van der Waals surface area contributed by atoms with E-state index in [2.05, 4.69) is 20.8 Å². The highest BCUT2D eigenvalue weighted by molar-refractivity contribution is 7.22. The second-order valence-electron chi connectivity index (χ2n) is 6.78. The van der Waals surface area contributed by atoms with Crippen molar-refractivity contribution in [3.05, 3.63) is 45.4 Å². The predicted octanol–water partition coefficient (Wildman–Crippen LogP) is 6.44. The van der Waals surface area contributed by atoms with Crippen LogP contribution in [0.5, 0.6) is 5.75 Å². The molecule has 0 saturated heterocycles. The van der Waals surface area contributed by atoms with Gasteiger partial charge in [0.15, 0.2) is 6.61 Å². The quantitative estimate of drug-likeness (QED) is 0.311. The van der Waals surface area contributed by atoms with Gasteiger partial charge in [0.25, 0.3) is 5.91 Å². The first-order valence-electron chi connectivity index (χ1n) is 9.36. The summed E-state index contributed by atoms with van der Waals surface area (Å²) in [6.07, 6.45) is 0.871. The van der Waals surface area contributed by atoms with Crippen LogP contribution in [0.2, 0.25) is 10.0 Å². The summed E-state index contributed by atoms with van der Waals surface area (Å²) >= 11 is 13.5. The number of aromatic nitrogens is 1. The number of rotatable bonds is 7. The molecule has 1 aromatic heterocycles. The van der Waals surface area contributed by atoms with Crippen LogP contribution in [0.1, 0.15) is 31.4 Å². The minimum atomic E-state index is -0.280. The maximum absolute atomic E-state index is 12.5. The van der Waals surface area contributed by atoms with Gasteiger partial charge in [0.1, 0.15) is 5.75 Å². The van der Waals surface area contributed by atoms with E-state index in [1.165, 1.54) is 11.3 Å². The first-order chi connectivity index (χ1) is 14.3. The molecule has 2 N–H and O–H groups in total. The number of hydrogen-bond acceptors (Lipinski definition) is 6. The third-order valence-corrected chi connectivity index (χ3v) is 6.11. The Morgan fingerprint density at radius 3 is 2.73 bits per heavy atom. The number of nitrogens with zero attached hydrogens (tertiary/aromatic N) is 2.